The maximum absolute atomic E-state index is 6.21. The van der Waals surface area contributed by atoms with E-state index in [1.807, 2.05) is 12.1 Å². The zero-order chi connectivity index (χ0) is 14.2. The molecular formula is C18H23NO. The Morgan fingerprint density at radius 1 is 0.950 bits per heavy atom. The molecule has 2 nitrogen and oxygen atoms in total. The highest BCUT2D eigenvalue weighted by atomic mass is 16.5. The van der Waals surface area contributed by atoms with Crippen molar-refractivity contribution in [3.8, 4) is 5.75 Å². The third-order valence-corrected chi connectivity index (χ3v) is 3.54. The van der Waals surface area contributed by atoms with Crippen molar-refractivity contribution in [3.63, 3.8) is 0 Å². The molecule has 0 radical (unpaired) electrons. The van der Waals surface area contributed by atoms with Crippen molar-refractivity contribution in [1.82, 2.24) is 0 Å². The van der Waals surface area contributed by atoms with Crippen LogP contribution in [0.3, 0.4) is 0 Å². The Balaban J connectivity index is 1.73. The molecule has 0 amide bonds. The first-order valence-electron chi connectivity index (χ1n) is 7.20. The zero-order valence-corrected chi connectivity index (χ0v) is 12.1. The second-order valence-electron chi connectivity index (χ2n) is 5.19. The number of aryl methyl sites for hydroxylation is 1. The number of rotatable bonds is 7. The fraction of sp³-hybridized carbons (Fsp3) is 0.333. The standard InChI is InChI=1S/C18H23NO/c1-20-18-12-10-16(11-13-18)14-17(19)9-5-8-15-6-3-2-4-7-15/h2-4,6-7,10-13,17H,5,8-9,14,19H2,1H3. The molecule has 0 bridgehead atoms. The van der Waals surface area contributed by atoms with Gasteiger partial charge in [0.1, 0.15) is 5.75 Å². The molecule has 0 aromatic heterocycles. The summed E-state index contributed by atoms with van der Waals surface area (Å²) in [7, 11) is 1.68. The molecular weight excluding hydrogens is 246 g/mol. The van der Waals surface area contributed by atoms with Crippen molar-refractivity contribution in [2.75, 3.05) is 7.11 Å². The molecule has 20 heavy (non-hydrogen) atoms. The lowest BCUT2D eigenvalue weighted by molar-refractivity contribution is 0.414. The maximum Gasteiger partial charge on any atom is 0.118 e. The van der Waals surface area contributed by atoms with E-state index in [4.69, 9.17) is 10.5 Å². The van der Waals surface area contributed by atoms with Crippen LogP contribution >= 0.6 is 0 Å². The van der Waals surface area contributed by atoms with Crippen LogP contribution in [0.25, 0.3) is 0 Å². The summed E-state index contributed by atoms with van der Waals surface area (Å²) in [6.07, 6.45) is 4.23. The van der Waals surface area contributed by atoms with Gasteiger partial charge >= 0.3 is 0 Å². The third-order valence-electron chi connectivity index (χ3n) is 3.54. The fourth-order valence-electron chi connectivity index (χ4n) is 2.38. The lowest BCUT2D eigenvalue weighted by Crippen LogP contribution is -2.22. The van der Waals surface area contributed by atoms with E-state index in [2.05, 4.69) is 42.5 Å². The lowest BCUT2D eigenvalue weighted by Gasteiger charge is -2.12. The van der Waals surface area contributed by atoms with Gasteiger partial charge in [-0.25, -0.2) is 0 Å². The topological polar surface area (TPSA) is 35.2 Å². The highest BCUT2D eigenvalue weighted by Crippen LogP contribution is 2.14. The van der Waals surface area contributed by atoms with Crippen molar-refractivity contribution >= 4 is 0 Å². The Morgan fingerprint density at radius 2 is 1.65 bits per heavy atom. The van der Waals surface area contributed by atoms with Crippen LogP contribution in [0.5, 0.6) is 5.75 Å². The number of benzene rings is 2. The molecule has 106 valence electrons. The van der Waals surface area contributed by atoms with Gasteiger partial charge < -0.3 is 10.5 Å². The molecule has 0 aliphatic rings. The quantitative estimate of drug-likeness (QED) is 0.833. The summed E-state index contributed by atoms with van der Waals surface area (Å²) in [4.78, 5) is 0. The number of hydrogen-bond acceptors (Lipinski definition) is 2. The molecule has 0 heterocycles. The van der Waals surface area contributed by atoms with Crippen LogP contribution in [0.2, 0.25) is 0 Å². The maximum atomic E-state index is 6.21. The van der Waals surface area contributed by atoms with E-state index >= 15 is 0 Å². The summed E-state index contributed by atoms with van der Waals surface area (Å²) in [6.45, 7) is 0. The molecule has 2 aromatic rings. The molecule has 0 saturated carbocycles. The minimum absolute atomic E-state index is 0.229. The van der Waals surface area contributed by atoms with Gasteiger partial charge in [-0.2, -0.15) is 0 Å². The van der Waals surface area contributed by atoms with Gasteiger partial charge in [0.15, 0.2) is 0 Å². The van der Waals surface area contributed by atoms with E-state index in [9.17, 15) is 0 Å². The van der Waals surface area contributed by atoms with Crippen LogP contribution in [0.15, 0.2) is 54.6 Å². The monoisotopic (exact) mass is 269 g/mol. The molecule has 2 aromatic carbocycles. The van der Waals surface area contributed by atoms with Gasteiger partial charge in [-0.1, -0.05) is 42.5 Å². The fourth-order valence-corrected chi connectivity index (χ4v) is 2.38. The van der Waals surface area contributed by atoms with Gasteiger partial charge in [0.2, 0.25) is 0 Å². The summed E-state index contributed by atoms with van der Waals surface area (Å²) in [6, 6.07) is 19.0. The molecule has 0 aliphatic carbocycles. The summed E-state index contributed by atoms with van der Waals surface area (Å²) in [5, 5.41) is 0. The van der Waals surface area contributed by atoms with Gasteiger partial charge in [0.05, 0.1) is 7.11 Å². The number of hydrogen-bond donors (Lipinski definition) is 1. The van der Waals surface area contributed by atoms with Crippen molar-refractivity contribution < 1.29 is 4.74 Å². The molecule has 1 atom stereocenters. The normalized spacial score (nSPS) is 12.1. The van der Waals surface area contributed by atoms with Crippen molar-refractivity contribution in [3.05, 3.63) is 65.7 Å². The average Bonchev–Trinajstić information content (AvgIpc) is 2.49. The molecule has 1 unspecified atom stereocenters. The van der Waals surface area contributed by atoms with E-state index in [1.165, 1.54) is 11.1 Å². The van der Waals surface area contributed by atoms with Crippen molar-refractivity contribution in [2.24, 2.45) is 5.73 Å². The Bertz CT molecular complexity index is 493. The second kappa shape index (κ2) is 7.71. The van der Waals surface area contributed by atoms with Crippen LogP contribution in [0.1, 0.15) is 24.0 Å². The minimum Gasteiger partial charge on any atom is -0.497 e. The highest BCUT2D eigenvalue weighted by molar-refractivity contribution is 5.27. The summed E-state index contributed by atoms with van der Waals surface area (Å²) < 4.78 is 5.16. The molecule has 0 saturated heterocycles. The predicted octanol–water partition coefficient (Wildman–Crippen LogP) is 3.59. The highest BCUT2D eigenvalue weighted by Gasteiger charge is 2.04. The number of nitrogens with two attached hydrogens (primary N) is 1. The van der Waals surface area contributed by atoms with E-state index in [-0.39, 0.29) is 6.04 Å². The van der Waals surface area contributed by atoms with Crippen LogP contribution in [-0.2, 0) is 12.8 Å². The number of ether oxygens (including phenoxy) is 1. The van der Waals surface area contributed by atoms with Gasteiger partial charge in [-0.15, -0.1) is 0 Å². The second-order valence-corrected chi connectivity index (χ2v) is 5.19. The molecule has 2 heteroatoms. The largest absolute Gasteiger partial charge is 0.497 e. The van der Waals surface area contributed by atoms with E-state index in [1.54, 1.807) is 7.11 Å². The SMILES string of the molecule is COc1ccc(CC(N)CCCc2ccccc2)cc1. The smallest absolute Gasteiger partial charge is 0.118 e. The summed E-state index contributed by atoms with van der Waals surface area (Å²) in [5.74, 6) is 0.895. The van der Waals surface area contributed by atoms with Crippen LogP contribution in [0.4, 0.5) is 0 Å². The van der Waals surface area contributed by atoms with Gasteiger partial charge in [-0.3, -0.25) is 0 Å². The van der Waals surface area contributed by atoms with E-state index in [0.717, 1.165) is 31.4 Å². The summed E-state index contributed by atoms with van der Waals surface area (Å²) in [5.41, 5.74) is 8.88. The van der Waals surface area contributed by atoms with Gasteiger partial charge in [0.25, 0.3) is 0 Å². The Labute approximate surface area is 121 Å². The van der Waals surface area contributed by atoms with Gasteiger partial charge in [-0.05, 0) is 48.9 Å². The Hall–Kier alpha value is -1.80. The van der Waals surface area contributed by atoms with Crippen LogP contribution in [0, 0.1) is 0 Å². The van der Waals surface area contributed by atoms with Crippen molar-refractivity contribution in [2.45, 2.75) is 31.7 Å². The lowest BCUT2D eigenvalue weighted by atomic mass is 10.00. The van der Waals surface area contributed by atoms with Gasteiger partial charge in [0, 0.05) is 6.04 Å². The Kier molecular flexibility index (Phi) is 5.63. The minimum atomic E-state index is 0.229. The third kappa shape index (κ3) is 4.71. The molecule has 2 N–H and O–H groups in total. The van der Waals surface area contributed by atoms with E-state index in [0.29, 0.717) is 0 Å². The van der Waals surface area contributed by atoms with Crippen molar-refractivity contribution in [1.29, 1.82) is 0 Å². The molecule has 2 rings (SSSR count). The van der Waals surface area contributed by atoms with Crippen LogP contribution in [-0.4, -0.2) is 13.2 Å². The number of methoxy groups -OCH3 is 1. The first kappa shape index (κ1) is 14.6. The average molecular weight is 269 g/mol. The summed E-state index contributed by atoms with van der Waals surface area (Å²) >= 11 is 0. The Morgan fingerprint density at radius 3 is 2.30 bits per heavy atom. The molecule has 0 aliphatic heterocycles. The zero-order valence-electron chi connectivity index (χ0n) is 12.1. The van der Waals surface area contributed by atoms with Crippen LogP contribution < -0.4 is 10.5 Å². The van der Waals surface area contributed by atoms with E-state index < -0.39 is 0 Å². The molecule has 0 spiro atoms. The first-order chi connectivity index (χ1) is 9.78. The predicted molar refractivity (Wildman–Crippen MR) is 84.1 cm³/mol. The first-order valence-corrected chi connectivity index (χ1v) is 7.20. The molecule has 0 fully saturated rings.